The van der Waals surface area contributed by atoms with Crippen LogP contribution in [0.1, 0.15) is 66.4 Å². The average molecular weight is 548 g/mol. The van der Waals surface area contributed by atoms with E-state index in [0.717, 1.165) is 54.7 Å². The lowest BCUT2D eigenvalue weighted by molar-refractivity contribution is -0.134. The number of carbonyl (C=O) groups is 4. The fourth-order valence-corrected chi connectivity index (χ4v) is 6.00. The third-order valence-corrected chi connectivity index (χ3v) is 8.23. The Balaban J connectivity index is 0.000000436. The van der Waals surface area contributed by atoms with Gasteiger partial charge in [0.2, 0.25) is 5.91 Å². The Morgan fingerprint density at radius 3 is 2.26 bits per heavy atom. The average Bonchev–Trinajstić information content (AvgIpc) is 3.47. The van der Waals surface area contributed by atoms with E-state index in [4.69, 9.17) is 15.3 Å². The summed E-state index contributed by atoms with van der Waals surface area (Å²) in [6.45, 7) is 4.07. The van der Waals surface area contributed by atoms with Crippen molar-refractivity contribution >= 4 is 45.3 Å². The summed E-state index contributed by atoms with van der Waals surface area (Å²) in [6.07, 6.45) is 9.21. The second kappa shape index (κ2) is 13.5. The number of fused-ring (bicyclic) bond motifs is 1. The van der Waals surface area contributed by atoms with Gasteiger partial charge in [-0.05, 0) is 58.8 Å². The van der Waals surface area contributed by atoms with Crippen LogP contribution in [0.5, 0.6) is 0 Å². The molecule has 3 heterocycles. The minimum atomic E-state index is -1.26. The van der Waals surface area contributed by atoms with Crippen LogP contribution in [0.2, 0.25) is 0 Å². The van der Waals surface area contributed by atoms with Gasteiger partial charge >= 0.3 is 11.9 Å². The second-order valence-electron chi connectivity index (χ2n) is 9.88. The Morgan fingerprint density at radius 1 is 1.08 bits per heavy atom. The first-order valence-corrected chi connectivity index (χ1v) is 13.7. The second-order valence-corrected chi connectivity index (χ2v) is 10.9. The highest BCUT2D eigenvalue weighted by molar-refractivity contribution is 7.20. The van der Waals surface area contributed by atoms with Gasteiger partial charge < -0.3 is 25.3 Å². The predicted octanol–water partition coefficient (Wildman–Crippen LogP) is 2.91. The third-order valence-electron chi connectivity index (χ3n) is 7.11. The zero-order chi connectivity index (χ0) is 27.8. The van der Waals surface area contributed by atoms with Gasteiger partial charge in [0, 0.05) is 30.6 Å². The molecule has 208 valence electrons. The van der Waals surface area contributed by atoms with Crippen LogP contribution in [0.25, 0.3) is 10.2 Å². The molecule has 4 rings (SSSR count). The maximum atomic E-state index is 12.7. The first-order chi connectivity index (χ1) is 18.1. The normalized spacial score (nSPS) is 17.2. The Kier molecular flexibility index (Phi) is 10.4. The molecule has 1 saturated heterocycles. The number of piperidine rings is 1. The molecule has 0 bridgehead atoms. The van der Waals surface area contributed by atoms with Crippen LogP contribution < -0.4 is 5.32 Å². The molecule has 2 aromatic heterocycles. The Morgan fingerprint density at radius 2 is 1.68 bits per heavy atom. The number of thiophene rings is 1. The van der Waals surface area contributed by atoms with E-state index in [1.54, 1.807) is 0 Å². The molecule has 2 fully saturated rings. The van der Waals surface area contributed by atoms with Crippen molar-refractivity contribution in [3.8, 4) is 0 Å². The minimum absolute atomic E-state index is 0.0245. The largest absolute Gasteiger partial charge is 0.478 e. The summed E-state index contributed by atoms with van der Waals surface area (Å²) in [5.74, 6) is -2.71. The predicted molar refractivity (Wildman–Crippen MR) is 145 cm³/mol. The highest BCUT2D eigenvalue weighted by Crippen LogP contribution is 2.35. The molecule has 2 aliphatic rings. The van der Waals surface area contributed by atoms with E-state index in [9.17, 15) is 19.2 Å². The number of hydrogen-bond donors (Lipinski definition) is 3. The lowest BCUT2D eigenvalue weighted by Gasteiger charge is -2.35. The number of nitrogens with one attached hydrogen (secondary N) is 1. The van der Waals surface area contributed by atoms with E-state index in [0.29, 0.717) is 23.1 Å². The van der Waals surface area contributed by atoms with E-state index in [1.165, 1.54) is 30.6 Å². The van der Waals surface area contributed by atoms with Gasteiger partial charge in [0.05, 0.1) is 23.2 Å². The van der Waals surface area contributed by atoms with Crippen LogP contribution in [-0.4, -0.2) is 93.3 Å². The fraction of sp³-hybridized carbons (Fsp3) is 0.577. The zero-order valence-electron chi connectivity index (χ0n) is 22.2. The van der Waals surface area contributed by atoms with Gasteiger partial charge in [-0.25, -0.2) is 9.59 Å². The molecule has 2 amide bonds. The molecule has 1 aliphatic heterocycles. The van der Waals surface area contributed by atoms with Crippen molar-refractivity contribution < 1.29 is 29.4 Å². The Labute approximate surface area is 226 Å². The maximum absolute atomic E-state index is 12.7. The molecule has 38 heavy (non-hydrogen) atoms. The number of likely N-dealkylation sites (N-methyl/N-ethyl adjacent to an activating group) is 1. The van der Waals surface area contributed by atoms with Gasteiger partial charge in [-0.2, -0.15) is 5.10 Å². The number of carbonyl (C=O) groups excluding carboxylic acids is 2. The molecule has 12 heteroatoms. The lowest BCUT2D eigenvalue weighted by atomic mass is 9.96. The Hall–Kier alpha value is -3.25. The SMILES string of the molecule is Cc1nn(C2CCCCC2)c2sc(C(=O)NCC(=O)N(C)C3CCN(C)CC3)cc12.O=C(O)/C=C/C(=O)O. The number of rotatable bonds is 7. The standard InChI is InChI=1S/C22H33N5O2S.C4H4O4/c1-15-18-13-19(30-22(18)27(24-15)17-7-5-4-6-8-17)21(29)23-14-20(28)26(3)16-9-11-25(2)12-10-16;5-3(6)1-2-4(7)8/h13,16-17H,4-12,14H2,1-3H3,(H,23,29);1-2H,(H,5,6)(H,7,8)/b;2-1+. The molecule has 0 atom stereocenters. The molecule has 0 unspecified atom stereocenters. The van der Waals surface area contributed by atoms with Crippen molar-refractivity contribution in [3.05, 3.63) is 28.8 Å². The van der Waals surface area contributed by atoms with E-state index < -0.39 is 11.9 Å². The molecule has 0 aromatic carbocycles. The molecule has 11 nitrogen and oxygen atoms in total. The minimum Gasteiger partial charge on any atom is -0.478 e. The van der Waals surface area contributed by atoms with Crippen molar-refractivity contribution in [3.63, 3.8) is 0 Å². The summed E-state index contributed by atoms with van der Waals surface area (Å²) in [5.41, 5.74) is 0.976. The number of aryl methyl sites for hydroxylation is 1. The van der Waals surface area contributed by atoms with E-state index >= 15 is 0 Å². The Bertz CT molecular complexity index is 1160. The van der Waals surface area contributed by atoms with Crippen molar-refractivity contribution in [1.82, 2.24) is 24.9 Å². The van der Waals surface area contributed by atoms with Crippen LogP contribution in [-0.2, 0) is 14.4 Å². The number of aliphatic carboxylic acids is 2. The molecule has 0 radical (unpaired) electrons. The molecule has 1 saturated carbocycles. The van der Waals surface area contributed by atoms with Crippen molar-refractivity contribution in [1.29, 1.82) is 0 Å². The van der Waals surface area contributed by atoms with Crippen molar-refractivity contribution in [2.24, 2.45) is 0 Å². The summed E-state index contributed by atoms with van der Waals surface area (Å²) in [4.78, 5) is 50.3. The molecule has 3 N–H and O–H groups in total. The highest BCUT2D eigenvalue weighted by Gasteiger charge is 2.25. The summed E-state index contributed by atoms with van der Waals surface area (Å²) in [5, 5.41) is 24.3. The van der Waals surface area contributed by atoms with E-state index in [2.05, 4.69) is 21.9 Å². The van der Waals surface area contributed by atoms with E-state index in [-0.39, 0.29) is 24.4 Å². The number of aromatic nitrogens is 2. The monoisotopic (exact) mass is 547 g/mol. The molecule has 1 aliphatic carbocycles. The van der Waals surface area contributed by atoms with Crippen molar-refractivity contribution in [2.45, 2.75) is 64.0 Å². The molecule has 0 spiro atoms. The van der Waals surface area contributed by atoms with Crippen LogP contribution in [0, 0.1) is 6.92 Å². The summed E-state index contributed by atoms with van der Waals surface area (Å²) in [7, 11) is 3.96. The summed E-state index contributed by atoms with van der Waals surface area (Å²) >= 11 is 1.49. The summed E-state index contributed by atoms with van der Waals surface area (Å²) < 4.78 is 2.14. The van der Waals surface area contributed by atoms with Gasteiger partial charge in [0.1, 0.15) is 4.83 Å². The van der Waals surface area contributed by atoms with Gasteiger partial charge in [-0.15, -0.1) is 11.3 Å². The van der Waals surface area contributed by atoms with Crippen LogP contribution in [0.4, 0.5) is 0 Å². The van der Waals surface area contributed by atoms with Gasteiger partial charge in [-0.1, -0.05) is 19.3 Å². The van der Waals surface area contributed by atoms with Crippen LogP contribution in [0.15, 0.2) is 18.2 Å². The number of likely N-dealkylation sites (tertiary alicyclic amines) is 1. The topological polar surface area (TPSA) is 145 Å². The number of carboxylic acids is 2. The number of nitrogens with zero attached hydrogens (tertiary/aromatic N) is 4. The maximum Gasteiger partial charge on any atom is 0.328 e. The smallest absolute Gasteiger partial charge is 0.328 e. The fourth-order valence-electron chi connectivity index (χ4n) is 4.85. The summed E-state index contributed by atoms with van der Waals surface area (Å²) in [6, 6.07) is 2.63. The molecular weight excluding hydrogens is 510 g/mol. The van der Waals surface area contributed by atoms with Gasteiger partial charge in [0.15, 0.2) is 0 Å². The third kappa shape index (κ3) is 7.87. The lowest BCUT2D eigenvalue weighted by Crippen LogP contribution is -2.47. The quantitative estimate of drug-likeness (QED) is 0.449. The number of hydrogen-bond acceptors (Lipinski definition) is 7. The van der Waals surface area contributed by atoms with Gasteiger partial charge in [0.25, 0.3) is 5.91 Å². The first-order valence-electron chi connectivity index (χ1n) is 12.9. The first kappa shape index (κ1) is 29.3. The number of amides is 2. The zero-order valence-corrected chi connectivity index (χ0v) is 23.0. The van der Waals surface area contributed by atoms with Crippen LogP contribution in [0.3, 0.4) is 0 Å². The van der Waals surface area contributed by atoms with Gasteiger partial charge in [-0.3, -0.25) is 14.3 Å². The number of carboxylic acid groups (broad SMARTS) is 2. The molecule has 2 aromatic rings. The van der Waals surface area contributed by atoms with Crippen molar-refractivity contribution in [2.75, 3.05) is 33.7 Å². The highest BCUT2D eigenvalue weighted by atomic mass is 32.1. The van der Waals surface area contributed by atoms with E-state index in [1.807, 2.05) is 24.9 Å². The van der Waals surface area contributed by atoms with Crippen LogP contribution >= 0.6 is 11.3 Å². The molecular formula is C26H37N5O6S.